The third-order valence-corrected chi connectivity index (χ3v) is 4.45. The molecule has 0 fully saturated rings. The first-order valence-corrected chi connectivity index (χ1v) is 9.41. The second-order valence-electron chi connectivity index (χ2n) is 6.80. The monoisotopic (exact) mass is 398 g/mol. The van der Waals surface area contributed by atoms with E-state index in [2.05, 4.69) is 20.6 Å². The summed E-state index contributed by atoms with van der Waals surface area (Å²) in [5, 5.41) is 5.96. The minimum absolute atomic E-state index is 0.267. The topological polar surface area (TPSA) is 66.9 Å². The number of halogens is 1. The molecule has 0 aliphatic heterocycles. The van der Waals surface area contributed by atoms with Crippen LogP contribution in [0.15, 0.2) is 85.1 Å². The molecule has 1 amide bonds. The lowest BCUT2D eigenvalue weighted by atomic mass is 10.1. The Hall–Kier alpha value is -4.06. The molecule has 0 aliphatic rings. The van der Waals surface area contributed by atoms with E-state index >= 15 is 0 Å². The Labute approximate surface area is 173 Å². The summed E-state index contributed by atoms with van der Waals surface area (Å²) >= 11 is 0. The number of hydrogen-bond acceptors (Lipinski definition) is 4. The number of benzene rings is 3. The van der Waals surface area contributed by atoms with Crippen molar-refractivity contribution < 1.29 is 9.18 Å². The van der Waals surface area contributed by atoms with Crippen molar-refractivity contribution in [3.05, 3.63) is 102 Å². The molecule has 0 atom stereocenters. The average Bonchev–Trinajstić information content (AvgIpc) is 2.76. The Morgan fingerprint density at radius 3 is 2.37 bits per heavy atom. The number of nitrogens with one attached hydrogen (secondary N) is 2. The minimum atomic E-state index is -0.348. The fourth-order valence-corrected chi connectivity index (χ4v) is 2.94. The maximum Gasteiger partial charge on any atom is 0.255 e. The van der Waals surface area contributed by atoms with Crippen molar-refractivity contribution in [1.82, 2.24) is 9.97 Å². The Morgan fingerprint density at radius 2 is 1.63 bits per heavy atom. The Morgan fingerprint density at radius 1 is 0.900 bits per heavy atom. The number of aryl methyl sites for hydroxylation is 1. The van der Waals surface area contributed by atoms with E-state index in [-0.39, 0.29) is 11.7 Å². The average molecular weight is 398 g/mol. The predicted octanol–water partition coefficient (Wildman–Crippen LogP) is 5.59. The lowest BCUT2D eigenvalue weighted by Gasteiger charge is -2.09. The van der Waals surface area contributed by atoms with Gasteiger partial charge in [-0.05, 0) is 67.6 Å². The molecular formula is C24H19FN4O. The van der Waals surface area contributed by atoms with Crippen molar-refractivity contribution >= 4 is 23.1 Å². The molecule has 1 heterocycles. The smallest absolute Gasteiger partial charge is 0.255 e. The van der Waals surface area contributed by atoms with E-state index in [0.29, 0.717) is 22.9 Å². The molecule has 2 N–H and O–H groups in total. The standard InChI is InChI=1S/C24H19FN4O/c1-16-3-2-4-18(15-16)23-26-14-13-22(29-23)27-20-9-5-17(6-10-20)24(30)28-21-11-7-19(25)8-12-21/h2-15H,1H3,(H,28,30)(H,26,27,29). The van der Waals surface area contributed by atoms with E-state index in [9.17, 15) is 9.18 Å². The number of aromatic nitrogens is 2. The number of amides is 1. The molecule has 3 aromatic carbocycles. The van der Waals surface area contributed by atoms with Gasteiger partial charge in [0, 0.05) is 28.7 Å². The van der Waals surface area contributed by atoms with Crippen LogP contribution in [0.2, 0.25) is 0 Å². The summed E-state index contributed by atoms with van der Waals surface area (Å²) in [6, 6.07) is 22.5. The van der Waals surface area contributed by atoms with Crippen LogP contribution >= 0.6 is 0 Å². The molecule has 5 nitrogen and oxygen atoms in total. The van der Waals surface area contributed by atoms with Gasteiger partial charge in [-0.3, -0.25) is 4.79 Å². The van der Waals surface area contributed by atoms with Gasteiger partial charge in [-0.25, -0.2) is 14.4 Å². The van der Waals surface area contributed by atoms with Crippen LogP contribution in [0.4, 0.5) is 21.6 Å². The number of anilines is 3. The zero-order valence-corrected chi connectivity index (χ0v) is 16.3. The first-order chi connectivity index (χ1) is 14.6. The summed E-state index contributed by atoms with van der Waals surface area (Å²) in [5.74, 6) is 0.680. The van der Waals surface area contributed by atoms with Gasteiger partial charge in [-0.15, -0.1) is 0 Å². The highest BCUT2D eigenvalue weighted by Gasteiger charge is 2.07. The molecule has 0 unspecified atom stereocenters. The van der Waals surface area contributed by atoms with Crippen molar-refractivity contribution in [1.29, 1.82) is 0 Å². The summed E-state index contributed by atoms with van der Waals surface area (Å²) in [6.45, 7) is 2.03. The van der Waals surface area contributed by atoms with Gasteiger partial charge in [0.2, 0.25) is 0 Å². The molecule has 0 bridgehead atoms. The van der Waals surface area contributed by atoms with Gasteiger partial charge in [0.15, 0.2) is 5.82 Å². The van der Waals surface area contributed by atoms with Crippen molar-refractivity contribution in [3.63, 3.8) is 0 Å². The lowest BCUT2D eigenvalue weighted by molar-refractivity contribution is 0.102. The van der Waals surface area contributed by atoms with E-state index in [1.54, 1.807) is 36.5 Å². The van der Waals surface area contributed by atoms with Crippen LogP contribution in [-0.2, 0) is 0 Å². The number of carbonyl (C=O) groups is 1. The maximum absolute atomic E-state index is 13.0. The summed E-state index contributed by atoms with van der Waals surface area (Å²) < 4.78 is 13.0. The molecule has 1 aromatic heterocycles. The van der Waals surface area contributed by atoms with E-state index in [4.69, 9.17) is 0 Å². The van der Waals surface area contributed by atoms with Crippen LogP contribution in [0, 0.1) is 12.7 Å². The molecule has 0 radical (unpaired) electrons. The summed E-state index contributed by atoms with van der Waals surface area (Å²) in [4.78, 5) is 21.3. The fraction of sp³-hybridized carbons (Fsp3) is 0.0417. The Bertz CT molecular complexity index is 1170. The molecule has 30 heavy (non-hydrogen) atoms. The van der Waals surface area contributed by atoms with Crippen molar-refractivity contribution in [2.75, 3.05) is 10.6 Å². The number of rotatable bonds is 5. The highest BCUT2D eigenvalue weighted by molar-refractivity contribution is 6.04. The minimum Gasteiger partial charge on any atom is -0.340 e. The van der Waals surface area contributed by atoms with Gasteiger partial charge >= 0.3 is 0 Å². The molecule has 6 heteroatoms. The third kappa shape index (κ3) is 4.67. The van der Waals surface area contributed by atoms with Gasteiger partial charge in [0.25, 0.3) is 5.91 Å². The zero-order chi connectivity index (χ0) is 20.9. The maximum atomic E-state index is 13.0. The largest absolute Gasteiger partial charge is 0.340 e. The zero-order valence-electron chi connectivity index (χ0n) is 16.3. The lowest BCUT2D eigenvalue weighted by Crippen LogP contribution is -2.11. The number of hydrogen-bond donors (Lipinski definition) is 2. The predicted molar refractivity (Wildman–Crippen MR) is 116 cm³/mol. The van der Waals surface area contributed by atoms with E-state index in [1.807, 2.05) is 31.2 Å². The van der Waals surface area contributed by atoms with Crippen molar-refractivity contribution in [2.45, 2.75) is 6.92 Å². The molecule has 0 aliphatic carbocycles. The molecule has 4 rings (SSSR count). The summed E-state index contributed by atoms with van der Waals surface area (Å²) in [5.41, 5.74) is 3.92. The van der Waals surface area contributed by atoms with Gasteiger partial charge in [-0.2, -0.15) is 0 Å². The highest BCUT2D eigenvalue weighted by atomic mass is 19.1. The van der Waals surface area contributed by atoms with Crippen LogP contribution in [0.1, 0.15) is 15.9 Å². The molecule has 0 spiro atoms. The van der Waals surface area contributed by atoms with Crippen LogP contribution in [0.25, 0.3) is 11.4 Å². The molecule has 0 saturated carbocycles. The van der Waals surface area contributed by atoms with Gasteiger partial charge in [0.05, 0.1) is 0 Å². The molecule has 0 saturated heterocycles. The van der Waals surface area contributed by atoms with Crippen molar-refractivity contribution in [3.8, 4) is 11.4 Å². The third-order valence-electron chi connectivity index (χ3n) is 4.45. The molecule has 4 aromatic rings. The van der Waals surface area contributed by atoms with Crippen LogP contribution < -0.4 is 10.6 Å². The number of nitrogens with zero attached hydrogens (tertiary/aromatic N) is 2. The van der Waals surface area contributed by atoms with Crippen LogP contribution in [0.5, 0.6) is 0 Å². The van der Waals surface area contributed by atoms with E-state index < -0.39 is 0 Å². The Kier molecular flexibility index (Phi) is 5.48. The Balaban J connectivity index is 1.45. The SMILES string of the molecule is Cc1cccc(-c2nccc(Nc3ccc(C(=O)Nc4ccc(F)cc4)cc3)n2)c1. The summed E-state index contributed by atoms with van der Waals surface area (Å²) in [6.07, 6.45) is 1.71. The highest BCUT2D eigenvalue weighted by Crippen LogP contribution is 2.20. The van der Waals surface area contributed by atoms with Crippen LogP contribution in [-0.4, -0.2) is 15.9 Å². The quantitative estimate of drug-likeness (QED) is 0.460. The molecule has 148 valence electrons. The second-order valence-corrected chi connectivity index (χ2v) is 6.80. The first-order valence-electron chi connectivity index (χ1n) is 9.41. The molecular weight excluding hydrogens is 379 g/mol. The van der Waals surface area contributed by atoms with E-state index in [1.165, 1.54) is 24.3 Å². The first kappa shape index (κ1) is 19.3. The number of carbonyl (C=O) groups excluding carboxylic acids is 1. The van der Waals surface area contributed by atoms with E-state index in [0.717, 1.165) is 16.8 Å². The van der Waals surface area contributed by atoms with Crippen molar-refractivity contribution in [2.24, 2.45) is 0 Å². The van der Waals surface area contributed by atoms with Gasteiger partial charge < -0.3 is 10.6 Å². The van der Waals surface area contributed by atoms with Gasteiger partial charge in [-0.1, -0.05) is 23.8 Å². The van der Waals surface area contributed by atoms with Gasteiger partial charge in [0.1, 0.15) is 11.6 Å². The fourth-order valence-electron chi connectivity index (χ4n) is 2.94. The second kappa shape index (κ2) is 8.53. The summed E-state index contributed by atoms with van der Waals surface area (Å²) in [7, 11) is 0. The normalized spacial score (nSPS) is 10.5. The van der Waals surface area contributed by atoms with Crippen LogP contribution in [0.3, 0.4) is 0 Å².